The molecule has 2 N–H and O–H groups in total. The molecule has 2 aromatic rings. The van der Waals surface area contributed by atoms with Gasteiger partial charge in [0.05, 0.1) is 0 Å². The molecule has 0 atom stereocenters. The van der Waals surface area contributed by atoms with Crippen LogP contribution in [0.4, 0.5) is 17.2 Å². The molecule has 0 bridgehead atoms. The Bertz CT molecular complexity index is 647. The highest BCUT2D eigenvalue weighted by Gasteiger charge is 2.24. The fourth-order valence-electron chi connectivity index (χ4n) is 2.00. The predicted octanol–water partition coefficient (Wildman–Crippen LogP) is 2.18. The number of nitrogens with zero attached hydrogens (tertiary/aromatic N) is 3. The second-order valence-electron chi connectivity index (χ2n) is 5.62. The first-order chi connectivity index (χ1) is 10.6. The Balaban J connectivity index is 1.63. The van der Waals surface area contributed by atoms with Crippen LogP contribution in [0.15, 0.2) is 36.4 Å². The molecule has 1 fully saturated rings. The molecule has 1 amide bonds. The third-order valence-electron chi connectivity index (χ3n) is 3.47. The van der Waals surface area contributed by atoms with E-state index in [0.717, 1.165) is 24.2 Å². The lowest BCUT2D eigenvalue weighted by Gasteiger charge is -2.13. The summed E-state index contributed by atoms with van der Waals surface area (Å²) in [5.74, 6) is 0.456. The average Bonchev–Trinajstić information content (AvgIpc) is 3.32. The van der Waals surface area contributed by atoms with E-state index >= 15 is 0 Å². The highest BCUT2D eigenvalue weighted by Crippen LogP contribution is 2.20. The maximum atomic E-state index is 11.8. The van der Waals surface area contributed by atoms with E-state index in [4.69, 9.17) is 0 Å². The molecule has 0 spiro atoms. The van der Waals surface area contributed by atoms with E-state index in [-0.39, 0.29) is 5.91 Å². The zero-order valence-electron chi connectivity index (χ0n) is 12.7. The summed E-state index contributed by atoms with van der Waals surface area (Å²) in [6.45, 7) is 0. The van der Waals surface area contributed by atoms with E-state index in [1.165, 1.54) is 0 Å². The van der Waals surface area contributed by atoms with Gasteiger partial charge in [0.15, 0.2) is 11.5 Å². The van der Waals surface area contributed by atoms with Crippen LogP contribution in [-0.4, -0.2) is 36.2 Å². The molecule has 1 aliphatic carbocycles. The van der Waals surface area contributed by atoms with Crippen molar-refractivity contribution in [3.8, 4) is 0 Å². The van der Waals surface area contributed by atoms with Crippen molar-refractivity contribution in [3.05, 3.63) is 42.1 Å². The molecule has 3 rings (SSSR count). The van der Waals surface area contributed by atoms with Gasteiger partial charge in [0.25, 0.3) is 5.91 Å². The van der Waals surface area contributed by atoms with Gasteiger partial charge in [-0.05, 0) is 49.2 Å². The minimum atomic E-state index is -0.156. The maximum Gasteiger partial charge on any atom is 0.272 e. The highest BCUT2D eigenvalue weighted by molar-refractivity contribution is 5.92. The van der Waals surface area contributed by atoms with E-state index < -0.39 is 0 Å². The molecular formula is C16H19N5O. The smallest absolute Gasteiger partial charge is 0.272 e. The van der Waals surface area contributed by atoms with E-state index in [2.05, 4.69) is 20.8 Å². The summed E-state index contributed by atoms with van der Waals surface area (Å²) in [5, 5.41) is 14.1. The molecule has 1 aromatic carbocycles. The van der Waals surface area contributed by atoms with Gasteiger partial charge < -0.3 is 15.5 Å². The van der Waals surface area contributed by atoms with E-state index in [1.807, 2.05) is 43.3 Å². The van der Waals surface area contributed by atoms with Crippen LogP contribution < -0.4 is 15.5 Å². The molecule has 0 radical (unpaired) electrons. The van der Waals surface area contributed by atoms with Crippen LogP contribution in [0.2, 0.25) is 0 Å². The lowest BCUT2D eigenvalue weighted by atomic mass is 10.2. The number of anilines is 3. The summed E-state index contributed by atoms with van der Waals surface area (Å²) in [5.41, 5.74) is 2.40. The van der Waals surface area contributed by atoms with Crippen molar-refractivity contribution in [3.63, 3.8) is 0 Å². The second kappa shape index (κ2) is 6.01. The van der Waals surface area contributed by atoms with Gasteiger partial charge in [0, 0.05) is 31.5 Å². The molecule has 6 nitrogen and oxygen atoms in total. The van der Waals surface area contributed by atoms with Gasteiger partial charge in [-0.25, -0.2) is 0 Å². The first-order valence-corrected chi connectivity index (χ1v) is 7.31. The van der Waals surface area contributed by atoms with Gasteiger partial charge in [0.2, 0.25) is 0 Å². The normalized spacial score (nSPS) is 13.5. The number of nitrogens with one attached hydrogen (secondary N) is 2. The Morgan fingerprint density at radius 2 is 1.82 bits per heavy atom. The van der Waals surface area contributed by atoms with Crippen molar-refractivity contribution in [2.75, 3.05) is 24.3 Å². The Labute approximate surface area is 129 Å². The molecular weight excluding hydrogens is 278 g/mol. The fraction of sp³-hybridized carbons (Fsp3) is 0.312. The van der Waals surface area contributed by atoms with E-state index in [1.54, 1.807) is 12.1 Å². The molecule has 114 valence electrons. The molecule has 0 saturated heterocycles. The Kier molecular flexibility index (Phi) is 3.91. The van der Waals surface area contributed by atoms with Gasteiger partial charge in [-0.2, -0.15) is 0 Å². The number of carbonyl (C=O) groups is 1. The first kappa shape index (κ1) is 14.3. The van der Waals surface area contributed by atoms with Crippen LogP contribution in [0.3, 0.4) is 0 Å². The second-order valence-corrected chi connectivity index (χ2v) is 5.62. The molecule has 0 unspecified atom stereocenters. The molecule has 0 aliphatic heterocycles. The van der Waals surface area contributed by atoms with Gasteiger partial charge in [-0.3, -0.25) is 4.79 Å². The SMILES string of the molecule is CN(C)c1ccc(Nc2ccc(C(=O)NC3CC3)nn2)cc1. The number of benzene rings is 1. The van der Waals surface area contributed by atoms with Crippen molar-refractivity contribution in [1.82, 2.24) is 15.5 Å². The monoisotopic (exact) mass is 297 g/mol. The van der Waals surface area contributed by atoms with Gasteiger partial charge in [0.1, 0.15) is 0 Å². The van der Waals surface area contributed by atoms with Crippen molar-refractivity contribution in [2.45, 2.75) is 18.9 Å². The van der Waals surface area contributed by atoms with Crippen LogP contribution in [-0.2, 0) is 0 Å². The summed E-state index contributed by atoms with van der Waals surface area (Å²) in [7, 11) is 4.00. The molecule has 1 aromatic heterocycles. The van der Waals surface area contributed by atoms with Gasteiger partial charge in [-0.1, -0.05) is 0 Å². The summed E-state index contributed by atoms with van der Waals surface area (Å²) >= 11 is 0. The van der Waals surface area contributed by atoms with Crippen LogP contribution >= 0.6 is 0 Å². The summed E-state index contributed by atoms with van der Waals surface area (Å²) < 4.78 is 0. The Morgan fingerprint density at radius 3 is 2.36 bits per heavy atom. The van der Waals surface area contributed by atoms with Gasteiger partial charge >= 0.3 is 0 Å². The number of rotatable bonds is 5. The number of hydrogen-bond acceptors (Lipinski definition) is 5. The lowest BCUT2D eigenvalue weighted by molar-refractivity contribution is 0.0945. The minimum Gasteiger partial charge on any atom is -0.378 e. The number of amides is 1. The van der Waals surface area contributed by atoms with Crippen molar-refractivity contribution < 1.29 is 4.79 Å². The predicted molar refractivity (Wildman–Crippen MR) is 86.6 cm³/mol. The standard InChI is InChI=1S/C16H19N5O/c1-21(2)13-7-5-11(6-8-13)17-15-10-9-14(19-20-15)16(22)18-12-3-4-12/h5-10,12H,3-4H2,1-2H3,(H,17,20)(H,18,22). The van der Waals surface area contributed by atoms with E-state index in [0.29, 0.717) is 17.6 Å². The Morgan fingerprint density at radius 1 is 1.09 bits per heavy atom. The van der Waals surface area contributed by atoms with Crippen LogP contribution in [0.1, 0.15) is 23.3 Å². The van der Waals surface area contributed by atoms with Gasteiger partial charge in [-0.15, -0.1) is 10.2 Å². The number of aromatic nitrogens is 2. The zero-order valence-corrected chi connectivity index (χ0v) is 12.7. The highest BCUT2D eigenvalue weighted by atomic mass is 16.2. The van der Waals surface area contributed by atoms with Crippen molar-refractivity contribution in [1.29, 1.82) is 0 Å². The van der Waals surface area contributed by atoms with Crippen LogP contribution in [0, 0.1) is 0 Å². The average molecular weight is 297 g/mol. The third kappa shape index (κ3) is 3.52. The Hall–Kier alpha value is -2.63. The zero-order chi connectivity index (χ0) is 15.5. The van der Waals surface area contributed by atoms with Crippen LogP contribution in [0.25, 0.3) is 0 Å². The fourth-order valence-corrected chi connectivity index (χ4v) is 2.00. The summed E-state index contributed by atoms with van der Waals surface area (Å²) in [6, 6.07) is 11.8. The maximum absolute atomic E-state index is 11.8. The quantitative estimate of drug-likeness (QED) is 0.885. The summed E-state index contributed by atoms with van der Waals surface area (Å²) in [4.78, 5) is 13.9. The number of hydrogen-bond donors (Lipinski definition) is 2. The minimum absolute atomic E-state index is 0.156. The lowest BCUT2D eigenvalue weighted by Crippen LogP contribution is -2.26. The molecule has 6 heteroatoms. The third-order valence-corrected chi connectivity index (χ3v) is 3.47. The number of carbonyl (C=O) groups excluding carboxylic acids is 1. The topological polar surface area (TPSA) is 70.2 Å². The molecule has 22 heavy (non-hydrogen) atoms. The van der Waals surface area contributed by atoms with E-state index in [9.17, 15) is 4.79 Å². The van der Waals surface area contributed by atoms with Crippen molar-refractivity contribution in [2.24, 2.45) is 0 Å². The molecule has 1 saturated carbocycles. The molecule has 1 heterocycles. The largest absolute Gasteiger partial charge is 0.378 e. The molecule has 1 aliphatic rings. The van der Waals surface area contributed by atoms with Crippen molar-refractivity contribution >= 4 is 23.1 Å². The summed E-state index contributed by atoms with van der Waals surface area (Å²) in [6.07, 6.45) is 2.11. The van der Waals surface area contributed by atoms with Crippen LogP contribution in [0.5, 0.6) is 0 Å². The first-order valence-electron chi connectivity index (χ1n) is 7.31.